The van der Waals surface area contributed by atoms with Crippen LogP contribution in [-0.2, 0) is 11.2 Å². The maximum atomic E-state index is 10.6. The summed E-state index contributed by atoms with van der Waals surface area (Å²) in [6, 6.07) is 7.98. The van der Waals surface area contributed by atoms with Crippen molar-refractivity contribution >= 4 is 27.5 Å². The Morgan fingerprint density at radius 2 is 2.25 bits per heavy atom. The number of thiazole rings is 1. The molecule has 1 heterocycles. The molecule has 0 aliphatic carbocycles. The van der Waals surface area contributed by atoms with Crippen LogP contribution < -0.4 is 0 Å². The Hall–Kier alpha value is -1.42. The van der Waals surface area contributed by atoms with Gasteiger partial charge in [-0.15, -0.1) is 11.3 Å². The number of aromatic nitrogens is 1. The minimum absolute atomic E-state index is 0.137. The topological polar surface area (TPSA) is 50.2 Å². The first-order chi connectivity index (χ1) is 7.65. The average Bonchev–Trinajstić information content (AvgIpc) is 2.57. The standard InChI is InChI=1S/C12H13NO2S/c1-8(7-12(14)15)6-11-13-9-4-2-3-5-10(9)16-11/h2-5,8H,6-7H2,1H3,(H,14,15). The number of carboxylic acid groups (broad SMARTS) is 1. The molecule has 1 unspecified atom stereocenters. The van der Waals surface area contributed by atoms with Crippen molar-refractivity contribution in [3.8, 4) is 0 Å². The number of rotatable bonds is 4. The second kappa shape index (κ2) is 4.61. The first-order valence-electron chi connectivity index (χ1n) is 5.21. The predicted octanol–water partition coefficient (Wildman–Crippen LogP) is 2.95. The third kappa shape index (κ3) is 2.58. The lowest BCUT2D eigenvalue weighted by Gasteiger charge is -2.04. The van der Waals surface area contributed by atoms with Gasteiger partial charge in [-0.1, -0.05) is 19.1 Å². The molecule has 0 aliphatic heterocycles. The molecule has 0 fully saturated rings. The summed E-state index contributed by atoms with van der Waals surface area (Å²) < 4.78 is 1.17. The van der Waals surface area contributed by atoms with Crippen molar-refractivity contribution in [1.82, 2.24) is 4.98 Å². The van der Waals surface area contributed by atoms with Crippen molar-refractivity contribution in [3.05, 3.63) is 29.3 Å². The Bertz CT molecular complexity index is 473. The second-order valence-electron chi connectivity index (χ2n) is 3.98. The van der Waals surface area contributed by atoms with Gasteiger partial charge < -0.3 is 5.11 Å². The van der Waals surface area contributed by atoms with Gasteiger partial charge >= 0.3 is 5.97 Å². The van der Waals surface area contributed by atoms with Crippen molar-refractivity contribution in [2.45, 2.75) is 19.8 Å². The van der Waals surface area contributed by atoms with Crippen molar-refractivity contribution in [2.24, 2.45) is 5.92 Å². The van der Waals surface area contributed by atoms with E-state index in [0.29, 0.717) is 0 Å². The van der Waals surface area contributed by atoms with E-state index in [1.807, 2.05) is 31.2 Å². The molecule has 0 radical (unpaired) electrons. The van der Waals surface area contributed by atoms with Crippen LogP contribution in [0.5, 0.6) is 0 Å². The van der Waals surface area contributed by atoms with Crippen LogP contribution in [0.15, 0.2) is 24.3 Å². The van der Waals surface area contributed by atoms with Gasteiger partial charge in [-0.25, -0.2) is 4.98 Å². The summed E-state index contributed by atoms with van der Waals surface area (Å²) in [5.74, 6) is -0.605. The maximum Gasteiger partial charge on any atom is 0.303 e. The SMILES string of the molecule is CC(CC(=O)O)Cc1nc2ccccc2s1. The summed E-state index contributed by atoms with van der Waals surface area (Å²) in [4.78, 5) is 15.0. The van der Waals surface area contributed by atoms with Gasteiger partial charge in [0.1, 0.15) is 0 Å². The summed E-state index contributed by atoms with van der Waals surface area (Å²) in [6.45, 7) is 1.94. The molecule has 0 aliphatic rings. The number of aliphatic carboxylic acids is 1. The van der Waals surface area contributed by atoms with E-state index < -0.39 is 5.97 Å². The highest BCUT2D eigenvalue weighted by molar-refractivity contribution is 7.18. The van der Waals surface area contributed by atoms with Gasteiger partial charge in [0.05, 0.1) is 15.2 Å². The lowest BCUT2D eigenvalue weighted by molar-refractivity contribution is -0.137. The van der Waals surface area contributed by atoms with Crippen LogP contribution in [0.25, 0.3) is 10.2 Å². The zero-order valence-corrected chi connectivity index (χ0v) is 9.83. The van der Waals surface area contributed by atoms with Crippen LogP contribution >= 0.6 is 11.3 Å². The molecule has 0 spiro atoms. The molecule has 1 atom stereocenters. The zero-order valence-electron chi connectivity index (χ0n) is 9.01. The van der Waals surface area contributed by atoms with E-state index in [1.54, 1.807) is 11.3 Å². The predicted molar refractivity (Wildman–Crippen MR) is 64.7 cm³/mol. The summed E-state index contributed by atoms with van der Waals surface area (Å²) in [6.07, 6.45) is 0.946. The molecule has 0 amide bonds. The number of nitrogens with zero attached hydrogens (tertiary/aromatic N) is 1. The number of para-hydroxylation sites is 1. The molecular formula is C12H13NO2S. The molecule has 84 valence electrons. The number of carbonyl (C=O) groups is 1. The number of hydrogen-bond acceptors (Lipinski definition) is 3. The minimum Gasteiger partial charge on any atom is -0.481 e. The van der Waals surface area contributed by atoms with Crippen LogP contribution in [0.4, 0.5) is 0 Å². The van der Waals surface area contributed by atoms with E-state index in [0.717, 1.165) is 16.9 Å². The van der Waals surface area contributed by atoms with Gasteiger partial charge in [-0.2, -0.15) is 0 Å². The Morgan fingerprint density at radius 3 is 2.94 bits per heavy atom. The highest BCUT2D eigenvalue weighted by Gasteiger charge is 2.11. The molecule has 2 rings (SSSR count). The van der Waals surface area contributed by atoms with Crippen LogP contribution in [0, 0.1) is 5.92 Å². The molecule has 4 heteroatoms. The van der Waals surface area contributed by atoms with E-state index in [2.05, 4.69) is 4.98 Å². The fourth-order valence-corrected chi connectivity index (χ4v) is 2.81. The third-order valence-corrected chi connectivity index (χ3v) is 3.44. The fourth-order valence-electron chi connectivity index (χ4n) is 1.68. The first kappa shape index (κ1) is 11.1. The van der Waals surface area contributed by atoms with Gasteiger partial charge in [-0.05, 0) is 18.1 Å². The van der Waals surface area contributed by atoms with Crippen LogP contribution in [-0.4, -0.2) is 16.1 Å². The van der Waals surface area contributed by atoms with Gasteiger partial charge in [0.15, 0.2) is 0 Å². The monoisotopic (exact) mass is 235 g/mol. The fraction of sp³-hybridized carbons (Fsp3) is 0.333. The zero-order chi connectivity index (χ0) is 11.5. The van der Waals surface area contributed by atoms with Crippen molar-refractivity contribution in [3.63, 3.8) is 0 Å². The number of fused-ring (bicyclic) bond motifs is 1. The molecule has 1 aromatic carbocycles. The summed E-state index contributed by atoms with van der Waals surface area (Å²) >= 11 is 1.65. The van der Waals surface area contributed by atoms with E-state index >= 15 is 0 Å². The summed E-state index contributed by atoms with van der Waals surface area (Å²) in [7, 11) is 0. The Kier molecular flexibility index (Phi) is 3.19. The molecule has 1 N–H and O–H groups in total. The molecule has 2 aromatic rings. The van der Waals surface area contributed by atoms with Gasteiger partial charge in [0.2, 0.25) is 0 Å². The number of hydrogen-bond donors (Lipinski definition) is 1. The molecule has 1 aromatic heterocycles. The highest BCUT2D eigenvalue weighted by atomic mass is 32.1. The smallest absolute Gasteiger partial charge is 0.303 e. The molecule has 0 bridgehead atoms. The average molecular weight is 235 g/mol. The Balaban J connectivity index is 2.12. The summed E-state index contributed by atoms with van der Waals surface area (Å²) in [5.41, 5.74) is 1.00. The highest BCUT2D eigenvalue weighted by Crippen LogP contribution is 2.24. The molecule has 3 nitrogen and oxygen atoms in total. The maximum absolute atomic E-state index is 10.6. The molecule has 16 heavy (non-hydrogen) atoms. The third-order valence-electron chi connectivity index (χ3n) is 2.38. The Morgan fingerprint density at radius 1 is 1.50 bits per heavy atom. The lowest BCUT2D eigenvalue weighted by Crippen LogP contribution is -2.06. The van der Waals surface area contributed by atoms with Crippen LogP contribution in [0.3, 0.4) is 0 Å². The van der Waals surface area contributed by atoms with Crippen molar-refractivity contribution in [2.75, 3.05) is 0 Å². The van der Waals surface area contributed by atoms with Crippen LogP contribution in [0.1, 0.15) is 18.4 Å². The van der Waals surface area contributed by atoms with E-state index in [1.165, 1.54) is 4.70 Å². The quantitative estimate of drug-likeness (QED) is 0.886. The Labute approximate surface area is 97.8 Å². The lowest BCUT2D eigenvalue weighted by atomic mass is 10.1. The molecule has 0 saturated heterocycles. The number of carboxylic acids is 1. The minimum atomic E-state index is -0.742. The van der Waals surface area contributed by atoms with Gasteiger partial charge in [0.25, 0.3) is 0 Å². The van der Waals surface area contributed by atoms with Crippen LogP contribution in [0.2, 0.25) is 0 Å². The molecule has 0 saturated carbocycles. The number of benzene rings is 1. The first-order valence-corrected chi connectivity index (χ1v) is 6.03. The van der Waals surface area contributed by atoms with Gasteiger partial charge in [0, 0.05) is 12.8 Å². The van der Waals surface area contributed by atoms with Gasteiger partial charge in [-0.3, -0.25) is 4.79 Å². The largest absolute Gasteiger partial charge is 0.481 e. The van der Waals surface area contributed by atoms with Crippen molar-refractivity contribution < 1.29 is 9.90 Å². The van der Waals surface area contributed by atoms with E-state index in [4.69, 9.17) is 5.11 Å². The van der Waals surface area contributed by atoms with E-state index in [9.17, 15) is 4.79 Å². The second-order valence-corrected chi connectivity index (χ2v) is 5.10. The van der Waals surface area contributed by atoms with E-state index in [-0.39, 0.29) is 12.3 Å². The normalized spacial score (nSPS) is 12.8. The van der Waals surface area contributed by atoms with Crippen molar-refractivity contribution in [1.29, 1.82) is 0 Å². The summed E-state index contributed by atoms with van der Waals surface area (Å²) in [5, 5.41) is 9.71. The molecular weight excluding hydrogens is 222 g/mol.